The lowest BCUT2D eigenvalue weighted by Crippen LogP contribution is -2.15. The van der Waals surface area contributed by atoms with Gasteiger partial charge in [0.2, 0.25) is 0 Å². The third-order valence-corrected chi connectivity index (χ3v) is 4.65. The summed E-state index contributed by atoms with van der Waals surface area (Å²) in [6, 6.07) is 7.18. The molecule has 0 aliphatic carbocycles. The molecule has 7 heteroatoms. The normalized spacial score (nSPS) is 11.0. The molecule has 0 aliphatic rings. The van der Waals surface area contributed by atoms with E-state index in [2.05, 4.69) is 20.9 Å². The van der Waals surface area contributed by atoms with Crippen molar-refractivity contribution in [1.82, 2.24) is 4.98 Å². The number of halogens is 1. The Morgan fingerprint density at radius 1 is 1.48 bits per heavy atom. The van der Waals surface area contributed by atoms with Gasteiger partial charge in [-0.05, 0) is 40.2 Å². The lowest BCUT2D eigenvalue weighted by atomic mass is 10.2. The summed E-state index contributed by atoms with van der Waals surface area (Å²) >= 11 is 5.08. The van der Waals surface area contributed by atoms with E-state index in [-0.39, 0.29) is 5.56 Å². The highest BCUT2D eigenvalue weighted by Gasteiger charge is 2.13. The van der Waals surface area contributed by atoms with E-state index < -0.39 is 5.97 Å². The Morgan fingerprint density at radius 2 is 2.29 bits per heavy atom. The molecule has 0 atom stereocenters. The molecule has 0 bridgehead atoms. The maximum absolute atomic E-state index is 11.0. The number of hydrogen-bond donors (Lipinski definition) is 1. The smallest absolute Gasteiger partial charge is 0.335 e. The van der Waals surface area contributed by atoms with Gasteiger partial charge in [0.15, 0.2) is 5.58 Å². The van der Waals surface area contributed by atoms with Crippen molar-refractivity contribution in [2.75, 3.05) is 11.9 Å². The number of carboxylic acids is 1. The molecular weight excluding hydrogens is 356 g/mol. The summed E-state index contributed by atoms with van der Waals surface area (Å²) in [6.07, 6.45) is 0. The van der Waals surface area contributed by atoms with Crippen molar-refractivity contribution >= 4 is 50.4 Å². The lowest BCUT2D eigenvalue weighted by Gasteiger charge is -2.12. The van der Waals surface area contributed by atoms with Crippen LogP contribution < -0.4 is 4.90 Å². The van der Waals surface area contributed by atoms with Crippen molar-refractivity contribution in [3.63, 3.8) is 0 Å². The third kappa shape index (κ3) is 2.93. The molecule has 2 heterocycles. The fourth-order valence-corrected chi connectivity index (χ4v) is 3.45. The number of aromatic nitrogens is 1. The second-order valence-electron chi connectivity index (χ2n) is 4.57. The van der Waals surface area contributed by atoms with Crippen LogP contribution in [0.4, 0.5) is 6.01 Å². The van der Waals surface area contributed by atoms with E-state index in [0.717, 1.165) is 4.47 Å². The molecule has 0 spiro atoms. The maximum Gasteiger partial charge on any atom is 0.335 e. The van der Waals surface area contributed by atoms with Crippen molar-refractivity contribution < 1.29 is 14.3 Å². The Kier molecular flexibility index (Phi) is 3.69. The summed E-state index contributed by atoms with van der Waals surface area (Å²) in [5.41, 5.74) is 1.31. The Hall–Kier alpha value is -1.86. The SMILES string of the molecule is CN(Cc1cc(Br)cs1)c1nc2ccc(C(=O)O)cc2o1. The molecule has 3 rings (SSSR count). The first kappa shape index (κ1) is 14.1. The van der Waals surface area contributed by atoms with E-state index in [1.165, 1.54) is 17.0 Å². The molecule has 108 valence electrons. The zero-order valence-electron chi connectivity index (χ0n) is 11.0. The van der Waals surface area contributed by atoms with E-state index in [1.807, 2.05) is 23.4 Å². The van der Waals surface area contributed by atoms with E-state index >= 15 is 0 Å². The number of anilines is 1. The van der Waals surface area contributed by atoms with Gasteiger partial charge in [0, 0.05) is 21.8 Å². The van der Waals surface area contributed by atoms with Crippen molar-refractivity contribution in [2.24, 2.45) is 0 Å². The number of hydrogen-bond acceptors (Lipinski definition) is 5. The highest BCUT2D eigenvalue weighted by atomic mass is 79.9. The molecule has 0 amide bonds. The zero-order valence-corrected chi connectivity index (χ0v) is 13.4. The van der Waals surface area contributed by atoms with Crippen LogP contribution in [-0.2, 0) is 6.54 Å². The molecule has 0 fully saturated rings. The Morgan fingerprint density at radius 3 is 2.95 bits per heavy atom. The predicted octanol–water partition coefficient (Wildman–Crippen LogP) is 3.99. The van der Waals surface area contributed by atoms with Gasteiger partial charge in [0.25, 0.3) is 6.01 Å². The molecule has 2 aromatic heterocycles. The monoisotopic (exact) mass is 366 g/mol. The molecular formula is C14H11BrN2O3S. The van der Waals surface area contributed by atoms with Gasteiger partial charge in [-0.3, -0.25) is 0 Å². The molecule has 0 radical (unpaired) electrons. The fourth-order valence-electron chi connectivity index (χ4n) is 1.95. The van der Waals surface area contributed by atoms with Crippen LogP contribution in [0.2, 0.25) is 0 Å². The molecule has 3 aromatic rings. The van der Waals surface area contributed by atoms with Crippen molar-refractivity contribution in [3.05, 3.63) is 44.6 Å². The Balaban J connectivity index is 1.87. The van der Waals surface area contributed by atoms with Gasteiger partial charge in [-0.1, -0.05) is 0 Å². The maximum atomic E-state index is 11.0. The summed E-state index contributed by atoms with van der Waals surface area (Å²) in [4.78, 5) is 18.4. The number of carboxylic acid groups (broad SMARTS) is 1. The van der Waals surface area contributed by atoms with Gasteiger partial charge >= 0.3 is 5.97 Å². The number of thiophene rings is 1. The summed E-state index contributed by atoms with van der Waals surface area (Å²) in [5.74, 6) is -0.980. The van der Waals surface area contributed by atoms with Gasteiger partial charge in [-0.25, -0.2) is 4.79 Å². The Bertz CT molecular complexity index is 812. The molecule has 21 heavy (non-hydrogen) atoms. The van der Waals surface area contributed by atoms with Gasteiger partial charge in [-0.15, -0.1) is 11.3 Å². The number of fused-ring (bicyclic) bond motifs is 1. The number of carbonyl (C=O) groups is 1. The van der Waals surface area contributed by atoms with Crippen LogP contribution in [0, 0.1) is 0 Å². The summed E-state index contributed by atoms with van der Waals surface area (Å²) in [5, 5.41) is 11.0. The van der Waals surface area contributed by atoms with Crippen molar-refractivity contribution in [2.45, 2.75) is 6.54 Å². The van der Waals surface area contributed by atoms with Crippen LogP contribution in [0.15, 0.2) is 38.5 Å². The molecule has 1 aromatic carbocycles. The highest BCUT2D eigenvalue weighted by molar-refractivity contribution is 9.10. The standard InChI is InChI=1S/C14H11BrN2O3S/c1-17(6-10-5-9(15)7-21-10)14-16-11-3-2-8(13(18)19)4-12(11)20-14/h2-5,7H,6H2,1H3,(H,18,19). The van der Waals surface area contributed by atoms with Crippen LogP contribution in [0.1, 0.15) is 15.2 Å². The van der Waals surface area contributed by atoms with Crippen molar-refractivity contribution in [1.29, 1.82) is 0 Å². The fraction of sp³-hybridized carbons (Fsp3) is 0.143. The number of oxazole rings is 1. The second kappa shape index (κ2) is 5.50. The van der Waals surface area contributed by atoms with Crippen molar-refractivity contribution in [3.8, 4) is 0 Å². The van der Waals surface area contributed by atoms with E-state index in [1.54, 1.807) is 17.4 Å². The minimum Gasteiger partial charge on any atom is -0.478 e. The highest BCUT2D eigenvalue weighted by Crippen LogP contribution is 2.26. The minimum atomic E-state index is -0.980. The lowest BCUT2D eigenvalue weighted by molar-refractivity contribution is 0.0697. The van der Waals surface area contributed by atoms with E-state index in [0.29, 0.717) is 23.7 Å². The van der Waals surface area contributed by atoms with Crippen LogP contribution in [0.25, 0.3) is 11.1 Å². The number of aromatic carboxylic acids is 1. The molecule has 1 N–H and O–H groups in total. The van der Waals surface area contributed by atoms with Crippen LogP contribution in [0.5, 0.6) is 0 Å². The van der Waals surface area contributed by atoms with Crippen LogP contribution in [0.3, 0.4) is 0 Å². The first-order valence-electron chi connectivity index (χ1n) is 6.11. The summed E-state index contributed by atoms with van der Waals surface area (Å²) in [7, 11) is 1.89. The molecule has 0 aliphatic heterocycles. The number of nitrogens with zero attached hydrogens (tertiary/aromatic N) is 2. The zero-order chi connectivity index (χ0) is 15.0. The first-order chi connectivity index (χ1) is 10.0. The van der Waals surface area contributed by atoms with Gasteiger partial charge in [0.05, 0.1) is 12.1 Å². The van der Waals surface area contributed by atoms with Crippen LogP contribution in [-0.4, -0.2) is 23.1 Å². The summed E-state index contributed by atoms with van der Waals surface area (Å²) in [6.45, 7) is 0.675. The molecule has 0 unspecified atom stereocenters. The molecule has 5 nitrogen and oxygen atoms in total. The average molecular weight is 367 g/mol. The van der Waals surface area contributed by atoms with Gasteiger partial charge < -0.3 is 14.4 Å². The summed E-state index contributed by atoms with van der Waals surface area (Å²) < 4.78 is 6.70. The van der Waals surface area contributed by atoms with E-state index in [9.17, 15) is 4.79 Å². The largest absolute Gasteiger partial charge is 0.478 e. The molecule has 0 saturated heterocycles. The predicted molar refractivity (Wildman–Crippen MR) is 85.1 cm³/mol. The Labute approximate surface area is 133 Å². The van der Waals surface area contributed by atoms with Gasteiger partial charge in [-0.2, -0.15) is 4.98 Å². The average Bonchev–Trinajstić information content (AvgIpc) is 3.03. The topological polar surface area (TPSA) is 66.6 Å². The van der Waals surface area contributed by atoms with E-state index in [4.69, 9.17) is 9.52 Å². The minimum absolute atomic E-state index is 0.190. The second-order valence-corrected chi connectivity index (χ2v) is 6.48. The number of benzene rings is 1. The van der Waals surface area contributed by atoms with Gasteiger partial charge in [0.1, 0.15) is 5.52 Å². The molecule has 0 saturated carbocycles. The first-order valence-corrected chi connectivity index (χ1v) is 7.78. The number of rotatable bonds is 4. The third-order valence-electron chi connectivity index (χ3n) is 2.97. The van der Waals surface area contributed by atoms with Crippen LogP contribution >= 0.6 is 27.3 Å². The quantitative estimate of drug-likeness (QED) is 0.756.